The molecule has 11 aliphatic carbocycles. The third kappa shape index (κ3) is 38.1. The number of carbonyl (C=O) groups excluding carboxylic acids is 10. The number of allylic oxidation sites excluding steroid dienone is 8. The third-order valence-electron chi connectivity index (χ3n) is 20.6. The molecule has 24 nitrogen and oxygen atoms in total. The molecule has 0 radical (unpaired) electrons. The monoisotopic (exact) mass is 2060 g/mol. The van der Waals surface area contributed by atoms with Crippen molar-refractivity contribution in [3.8, 4) is 0 Å². The fraction of sp³-hybridized carbons (Fsp3) is 0.628. The molecule has 11 rings (SSSR count). The Labute approximate surface area is 749 Å². The molecule has 0 aromatic rings. The number of aliphatic hydroxyl groups is 3. The first-order valence-electron chi connectivity index (χ1n) is 38.8. The zero-order valence-electron chi connectivity index (χ0n) is 71.6. The first kappa shape index (κ1) is 111. The first-order chi connectivity index (χ1) is 55.2. The summed E-state index contributed by atoms with van der Waals surface area (Å²) in [4.78, 5) is 110. The molecule has 0 amide bonds. The van der Waals surface area contributed by atoms with Crippen molar-refractivity contribution in [1.82, 2.24) is 0 Å². The number of ether oxygens (including phenoxy) is 10. The summed E-state index contributed by atoms with van der Waals surface area (Å²) in [5.74, 6) is 0.293. The zero-order chi connectivity index (χ0) is 90.5. The molecule has 0 saturated carbocycles. The van der Waals surface area contributed by atoms with Gasteiger partial charge >= 0.3 is 59.7 Å². The van der Waals surface area contributed by atoms with Gasteiger partial charge in [0.05, 0.1) is 94.1 Å². The van der Waals surface area contributed by atoms with Gasteiger partial charge in [-0.3, -0.25) is 0 Å². The van der Waals surface area contributed by atoms with Gasteiger partial charge in [-0.25, -0.2) is 56.7 Å². The van der Waals surface area contributed by atoms with E-state index in [-0.39, 0.29) is 94.3 Å². The van der Waals surface area contributed by atoms with E-state index in [0.717, 1.165) is 67.2 Å². The summed E-state index contributed by atoms with van der Waals surface area (Å²) >= 11 is 23.3. The number of hydrogen-bond donors (Lipinski definition) is 4. The Bertz CT molecular complexity index is 3010. The maximum atomic E-state index is 12.8. The highest BCUT2D eigenvalue weighted by molar-refractivity contribution is 14.1. The molecular formula is C86H124Br2Cl2F2I2NO23+. The molecule has 11 aliphatic rings. The fourth-order valence-electron chi connectivity index (χ4n) is 12.7. The lowest BCUT2D eigenvalue weighted by Gasteiger charge is -2.04. The minimum atomic E-state index is -0.982. The van der Waals surface area contributed by atoms with Crippen molar-refractivity contribution in [1.29, 1.82) is 0 Å². The van der Waals surface area contributed by atoms with Gasteiger partial charge in [-0.2, -0.15) is 0 Å². The first-order valence-corrected chi connectivity index (χ1v) is 44.0. The van der Waals surface area contributed by atoms with Crippen LogP contribution in [0.4, 0.5) is 8.78 Å². The van der Waals surface area contributed by atoms with Gasteiger partial charge in [0.15, 0.2) is 0 Å². The van der Waals surface area contributed by atoms with Crippen LogP contribution in [-0.4, -0.2) is 211 Å². The van der Waals surface area contributed by atoms with Gasteiger partial charge in [0.1, 0.15) is 24.5 Å². The number of aliphatic hydroxyl groups excluding tert-OH is 3. The normalized spacial score (nSPS) is 30.4. The van der Waals surface area contributed by atoms with Crippen molar-refractivity contribution in [3.63, 3.8) is 0 Å². The quantitative estimate of drug-likeness (QED) is 0.0519. The standard InChI is InChI=1S/2C8H11BrO2.2C8H11ClO2.2C8H11FO2.2C8H11IO2.2C8H12O3.C6H11NO/c10*1-5-3-6(4-7(5)9)8(10)11-2;1-4-2-5(7)6(8)3-4/h8*4-5,7H,3H2,1-2H3;2*4-5,7,9H,3H2,1-2H3;3,5-6,8H,2,7H2,1H3/p+1/t5-,7+;5-,7-;5-,7+;5-,7-;5-,7+;5-,7-;5-,7+;5-,7-;5-,7+;5-,7-;5-,6-/m00000000000/s1. The lowest BCUT2D eigenvalue weighted by Crippen LogP contribution is -2.64. The predicted octanol–water partition coefficient (Wildman–Crippen LogP) is 14.3. The lowest BCUT2D eigenvalue weighted by molar-refractivity contribution is -0.430. The molecule has 32 heteroatoms. The molecule has 0 heterocycles. The molecular weight excluding hydrogens is 1940 g/mol. The number of carbonyl (C=O) groups is 10. The summed E-state index contributed by atoms with van der Waals surface area (Å²) in [7, 11) is 13.7. The molecule has 0 fully saturated rings. The number of esters is 10. The highest BCUT2D eigenvalue weighted by Crippen LogP contribution is 2.37. The Morgan fingerprint density at radius 1 is 0.314 bits per heavy atom. The molecule has 22 atom stereocenters. The number of alkyl halides is 8. The summed E-state index contributed by atoms with van der Waals surface area (Å²) in [6, 6.07) is 0.204. The van der Waals surface area contributed by atoms with Crippen LogP contribution in [0.25, 0.3) is 0 Å². The summed E-state index contributed by atoms with van der Waals surface area (Å²) in [5.41, 5.74) is 11.8. The molecule has 0 aliphatic heterocycles. The highest BCUT2D eigenvalue weighted by Gasteiger charge is 2.34. The van der Waals surface area contributed by atoms with Crippen LogP contribution >= 0.6 is 100 Å². The van der Waals surface area contributed by atoms with Crippen molar-refractivity contribution in [2.45, 2.75) is 212 Å². The van der Waals surface area contributed by atoms with Crippen molar-refractivity contribution >= 4 is 160 Å². The number of methoxy groups -OCH3 is 10. The average Bonchev–Trinajstić information content (AvgIpc) is 1.74. The second-order valence-corrected chi connectivity index (χ2v) is 36.7. The number of halogens is 8. The molecule has 6 N–H and O–H groups in total. The van der Waals surface area contributed by atoms with Crippen LogP contribution in [-0.2, 0) is 95.3 Å². The molecule has 666 valence electrons. The van der Waals surface area contributed by atoms with Gasteiger partial charge < -0.3 is 68.4 Å². The molecule has 0 aromatic heterocycles. The molecule has 0 bridgehead atoms. The van der Waals surface area contributed by atoms with Gasteiger partial charge in [0.2, 0.25) is 0 Å². The van der Waals surface area contributed by atoms with E-state index in [2.05, 4.69) is 158 Å². The van der Waals surface area contributed by atoms with Crippen molar-refractivity contribution in [2.24, 2.45) is 59.2 Å². The number of quaternary nitrogens is 1. The smallest absolute Gasteiger partial charge is 0.333 e. The van der Waals surface area contributed by atoms with Gasteiger partial charge in [-0.05, 0) is 155 Å². The van der Waals surface area contributed by atoms with E-state index < -0.39 is 36.5 Å². The van der Waals surface area contributed by atoms with Gasteiger partial charge in [-0.1, -0.05) is 194 Å². The van der Waals surface area contributed by atoms with Crippen LogP contribution in [0.15, 0.2) is 128 Å². The van der Waals surface area contributed by atoms with E-state index in [1.807, 2.05) is 65.0 Å². The Hall–Kier alpha value is -5.46. The van der Waals surface area contributed by atoms with E-state index in [0.29, 0.717) is 112 Å². The van der Waals surface area contributed by atoms with E-state index in [1.54, 1.807) is 38.2 Å². The Morgan fingerprint density at radius 3 is 0.661 bits per heavy atom. The largest absolute Gasteiger partial charge is 0.466 e. The molecule has 118 heavy (non-hydrogen) atoms. The van der Waals surface area contributed by atoms with Gasteiger partial charge in [-0.15, -0.1) is 23.2 Å². The van der Waals surface area contributed by atoms with Crippen LogP contribution in [0.5, 0.6) is 0 Å². The van der Waals surface area contributed by atoms with Crippen LogP contribution in [0.2, 0.25) is 0 Å². The SMILES string of the molecule is CC1=C[C@H](O)[C@@H]([NH3+])C1.COC(=O)C1=C[C@@H](Br)[C@@H](C)C1.COC(=O)C1=C[C@@H](Cl)[C@@H](C)C1.COC(=O)C1=C[C@@H](F)[C@@H](C)C1.COC(=O)C1=C[C@@H](I)[C@@H](C)C1.COC(=O)C1=C[C@@H](O)[C@@H](C)C1.COC(=O)C1=C[C@H](Br)[C@@H](C)C1.COC(=O)C1=C[C@H](Cl)[C@@H](C)C1.COC(=O)C1=C[C@H](F)[C@@H](C)C1.COC(=O)C1=C[C@H](I)[C@@H](C)C1.COC(=O)C1=C[C@H](O)[C@@H](C)C1. The Balaban J connectivity index is 0.000000649. The molecule has 0 spiro atoms. The predicted molar refractivity (Wildman–Crippen MR) is 472 cm³/mol. The van der Waals surface area contributed by atoms with Gasteiger partial charge in [0, 0.05) is 79.7 Å². The molecule has 0 saturated heterocycles. The van der Waals surface area contributed by atoms with Crippen LogP contribution < -0.4 is 5.73 Å². The van der Waals surface area contributed by atoms with Crippen LogP contribution in [0, 0.1) is 59.2 Å². The third-order valence-corrected chi connectivity index (χ3v) is 27.2. The Morgan fingerprint density at radius 2 is 0.517 bits per heavy atom. The molecule has 0 unspecified atom stereocenters. The minimum Gasteiger partial charge on any atom is -0.466 e. The van der Waals surface area contributed by atoms with Crippen LogP contribution in [0.3, 0.4) is 0 Å². The summed E-state index contributed by atoms with van der Waals surface area (Å²) in [5, 5.41) is 27.5. The maximum Gasteiger partial charge on any atom is 0.333 e. The molecule has 0 aromatic carbocycles. The van der Waals surface area contributed by atoms with Gasteiger partial charge in [0.25, 0.3) is 0 Å². The summed E-state index contributed by atoms with van der Waals surface area (Å²) < 4.78 is 72.0. The second kappa shape index (κ2) is 56.3. The Kier molecular flexibility index (Phi) is 52.8. The van der Waals surface area contributed by atoms with E-state index >= 15 is 0 Å². The summed E-state index contributed by atoms with van der Waals surface area (Å²) in [6.45, 7) is 21.9. The zero-order valence-corrected chi connectivity index (χ0v) is 80.6. The number of hydrogen-bond acceptors (Lipinski definition) is 23. The van der Waals surface area contributed by atoms with Crippen LogP contribution in [0.1, 0.15) is 147 Å². The van der Waals surface area contributed by atoms with E-state index in [4.69, 9.17) is 28.3 Å². The topological polar surface area (TPSA) is 351 Å². The summed E-state index contributed by atoms with van der Waals surface area (Å²) in [6.07, 6.45) is 23.9. The number of rotatable bonds is 10. The maximum absolute atomic E-state index is 12.8. The highest BCUT2D eigenvalue weighted by atomic mass is 127. The fourth-order valence-corrected chi connectivity index (χ4v) is 15.6. The average molecular weight is 2060 g/mol. The second-order valence-electron chi connectivity index (χ2n) is 30.7. The van der Waals surface area contributed by atoms with E-state index in [1.165, 1.54) is 88.8 Å². The van der Waals surface area contributed by atoms with Crippen molar-refractivity contribution < 1.29 is 125 Å². The van der Waals surface area contributed by atoms with Crippen molar-refractivity contribution in [3.05, 3.63) is 128 Å². The van der Waals surface area contributed by atoms with Crippen molar-refractivity contribution in [2.75, 3.05) is 71.1 Å². The minimum absolute atomic E-state index is 0.0101. The lowest BCUT2D eigenvalue weighted by atomic mass is 10.1. The van der Waals surface area contributed by atoms with E-state index in [9.17, 15) is 66.9 Å².